The predicted molar refractivity (Wildman–Crippen MR) is 128 cm³/mol. The van der Waals surface area contributed by atoms with E-state index in [2.05, 4.69) is 0 Å². The Kier molecular flexibility index (Phi) is 5.87. The van der Waals surface area contributed by atoms with Crippen molar-refractivity contribution in [3.8, 4) is 28.4 Å². The third-order valence-electron chi connectivity index (χ3n) is 5.65. The van der Waals surface area contributed by atoms with Crippen LogP contribution in [0.3, 0.4) is 0 Å². The Morgan fingerprint density at radius 1 is 0.853 bits per heavy atom. The highest BCUT2D eigenvalue weighted by Crippen LogP contribution is 2.45. The number of hydrogen-bond acceptors (Lipinski definition) is 7. The van der Waals surface area contributed by atoms with Crippen molar-refractivity contribution in [2.24, 2.45) is 5.92 Å². The first-order valence-electron chi connectivity index (χ1n) is 10.7. The molecule has 1 aromatic heterocycles. The largest absolute Gasteiger partial charge is 0.504 e. The van der Waals surface area contributed by atoms with Crippen LogP contribution in [0.15, 0.2) is 73.6 Å². The average Bonchev–Trinajstić information content (AvgIpc) is 2.81. The van der Waals surface area contributed by atoms with Crippen LogP contribution in [0.2, 0.25) is 0 Å². The number of rotatable bonds is 5. The topological polar surface area (TPSA) is 125 Å². The highest BCUT2D eigenvalue weighted by molar-refractivity contribution is 7.91. The Bertz CT molecular complexity index is 1550. The summed E-state index contributed by atoms with van der Waals surface area (Å²) in [6.45, 7) is 5.38. The van der Waals surface area contributed by atoms with E-state index in [1.54, 1.807) is 25.1 Å². The molecule has 176 valence electrons. The monoisotopic (exact) mass is 480 g/mol. The van der Waals surface area contributed by atoms with E-state index in [0.29, 0.717) is 12.0 Å². The molecule has 1 heterocycles. The molecule has 3 aromatic carbocycles. The number of fused-ring (bicyclic) bond motifs is 1. The van der Waals surface area contributed by atoms with E-state index in [9.17, 15) is 28.5 Å². The first kappa shape index (κ1) is 23.4. The summed E-state index contributed by atoms with van der Waals surface area (Å²) in [7, 11) is -3.73. The van der Waals surface area contributed by atoms with Crippen molar-refractivity contribution < 1.29 is 28.2 Å². The molecule has 0 unspecified atom stereocenters. The van der Waals surface area contributed by atoms with Crippen molar-refractivity contribution in [2.75, 3.05) is 0 Å². The molecule has 7 nitrogen and oxygen atoms in total. The molecule has 0 bridgehead atoms. The lowest BCUT2D eigenvalue weighted by Gasteiger charge is -2.15. The van der Waals surface area contributed by atoms with Crippen LogP contribution in [-0.2, 0) is 16.3 Å². The van der Waals surface area contributed by atoms with Gasteiger partial charge in [0.25, 0.3) is 0 Å². The van der Waals surface area contributed by atoms with Crippen LogP contribution in [0.5, 0.6) is 17.2 Å². The maximum absolute atomic E-state index is 13.4. The van der Waals surface area contributed by atoms with Gasteiger partial charge in [-0.2, -0.15) is 0 Å². The van der Waals surface area contributed by atoms with E-state index < -0.39 is 32.5 Å². The van der Waals surface area contributed by atoms with Crippen molar-refractivity contribution in [2.45, 2.75) is 37.0 Å². The zero-order chi connectivity index (χ0) is 24.8. The molecule has 0 saturated carbocycles. The zero-order valence-corrected chi connectivity index (χ0v) is 19.7. The Morgan fingerprint density at radius 3 is 2.03 bits per heavy atom. The first-order chi connectivity index (χ1) is 16.0. The minimum Gasteiger partial charge on any atom is -0.504 e. The van der Waals surface area contributed by atoms with Gasteiger partial charge in [-0.15, -0.1) is 0 Å². The molecule has 0 aliphatic carbocycles. The third-order valence-corrected chi connectivity index (χ3v) is 7.44. The number of phenolic OH excluding ortho intramolecular Hbond substituents is 3. The molecule has 0 amide bonds. The van der Waals surface area contributed by atoms with E-state index in [0.717, 1.165) is 0 Å². The molecule has 0 fully saturated rings. The smallest absolute Gasteiger partial charge is 0.206 e. The van der Waals surface area contributed by atoms with Gasteiger partial charge in [-0.3, -0.25) is 4.79 Å². The maximum atomic E-state index is 13.4. The minimum absolute atomic E-state index is 0.0102. The van der Waals surface area contributed by atoms with Gasteiger partial charge in [-0.05, 0) is 49.1 Å². The van der Waals surface area contributed by atoms with Crippen molar-refractivity contribution in [3.05, 3.63) is 76.1 Å². The fourth-order valence-electron chi connectivity index (χ4n) is 4.02. The number of sulfone groups is 1. The van der Waals surface area contributed by atoms with E-state index in [1.165, 1.54) is 36.4 Å². The van der Waals surface area contributed by atoms with Gasteiger partial charge in [0.05, 0.1) is 15.4 Å². The van der Waals surface area contributed by atoms with Crippen LogP contribution in [0, 0.1) is 12.8 Å². The molecule has 34 heavy (non-hydrogen) atoms. The van der Waals surface area contributed by atoms with Gasteiger partial charge >= 0.3 is 0 Å². The molecule has 0 radical (unpaired) electrons. The molecule has 0 spiro atoms. The second-order valence-corrected chi connectivity index (χ2v) is 10.5. The Labute approximate surface area is 196 Å². The fourth-order valence-corrected chi connectivity index (χ4v) is 5.30. The standard InChI is InChI=1S/C26H24O7S/c1-14(2)13-19-22(27)25(30)24(29)21-23(28)20(15(3)33-26(19)21)16-9-11-18(12-10-16)34(31,32)17-7-5-4-6-8-17/h4-12,14,27,29-30H,13H2,1-3H3. The van der Waals surface area contributed by atoms with Crippen molar-refractivity contribution in [3.63, 3.8) is 0 Å². The van der Waals surface area contributed by atoms with Gasteiger partial charge in [0, 0.05) is 5.56 Å². The van der Waals surface area contributed by atoms with E-state index >= 15 is 0 Å². The summed E-state index contributed by atoms with van der Waals surface area (Å²) in [4.78, 5) is 13.7. The van der Waals surface area contributed by atoms with Crippen LogP contribution >= 0.6 is 0 Å². The van der Waals surface area contributed by atoms with Gasteiger partial charge in [0.2, 0.25) is 21.0 Å². The minimum atomic E-state index is -3.73. The summed E-state index contributed by atoms with van der Waals surface area (Å²) < 4.78 is 31.6. The number of aryl methyl sites for hydroxylation is 1. The molecular formula is C26H24O7S. The summed E-state index contributed by atoms with van der Waals surface area (Å²) in [5.41, 5.74) is 0.146. The van der Waals surface area contributed by atoms with Crippen LogP contribution in [-0.4, -0.2) is 23.7 Å². The predicted octanol–water partition coefficient (Wildman–Crippen LogP) is 4.92. The van der Waals surface area contributed by atoms with Gasteiger partial charge in [0.15, 0.2) is 11.5 Å². The van der Waals surface area contributed by atoms with Gasteiger partial charge in [-0.25, -0.2) is 8.42 Å². The summed E-state index contributed by atoms with van der Waals surface area (Å²) in [6.07, 6.45) is 0.309. The Balaban J connectivity index is 1.90. The highest BCUT2D eigenvalue weighted by Gasteiger charge is 2.26. The van der Waals surface area contributed by atoms with Gasteiger partial charge < -0.3 is 19.7 Å². The summed E-state index contributed by atoms with van der Waals surface area (Å²) in [6, 6.07) is 13.8. The molecule has 4 aromatic rings. The molecule has 0 aliphatic rings. The number of benzene rings is 3. The molecule has 8 heteroatoms. The second-order valence-electron chi connectivity index (χ2n) is 8.53. The summed E-state index contributed by atoms with van der Waals surface area (Å²) >= 11 is 0. The average molecular weight is 481 g/mol. The SMILES string of the molecule is Cc1oc2c(CC(C)C)c(O)c(O)c(O)c2c(=O)c1-c1ccc(S(=O)(=O)c2ccccc2)cc1. The molecule has 4 rings (SSSR count). The van der Waals surface area contributed by atoms with Crippen molar-refractivity contribution in [1.29, 1.82) is 0 Å². The molecule has 0 atom stereocenters. The van der Waals surface area contributed by atoms with E-state index in [4.69, 9.17) is 4.42 Å². The lowest BCUT2D eigenvalue weighted by molar-refractivity contribution is 0.365. The maximum Gasteiger partial charge on any atom is 0.206 e. The fraction of sp³-hybridized carbons (Fsp3) is 0.192. The molecule has 0 aliphatic heterocycles. The van der Waals surface area contributed by atoms with Crippen LogP contribution in [0.4, 0.5) is 0 Å². The van der Waals surface area contributed by atoms with Gasteiger partial charge in [-0.1, -0.05) is 44.2 Å². The molecular weight excluding hydrogens is 456 g/mol. The number of phenols is 3. The third kappa shape index (κ3) is 3.80. The molecule has 0 saturated heterocycles. The highest BCUT2D eigenvalue weighted by atomic mass is 32.2. The quantitative estimate of drug-likeness (QED) is 0.346. The summed E-state index contributed by atoms with van der Waals surface area (Å²) in [5, 5.41) is 30.8. The lowest BCUT2D eigenvalue weighted by Crippen LogP contribution is -2.10. The first-order valence-corrected chi connectivity index (χ1v) is 12.2. The Morgan fingerprint density at radius 2 is 1.44 bits per heavy atom. The lowest BCUT2D eigenvalue weighted by atomic mass is 9.96. The van der Waals surface area contributed by atoms with Crippen LogP contribution in [0.25, 0.3) is 22.1 Å². The molecule has 3 N–H and O–H groups in total. The Hall–Kier alpha value is -3.78. The van der Waals surface area contributed by atoms with Crippen LogP contribution in [0.1, 0.15) is 25.2 Å². The second kappa shape index (κ2) is 8.53. The zero-order valence-electron chi connectivity index (χ0n) is 18.9. The van der Waals surface area contributed by atoms with E-state index in [-0.39, 0.29) is 43.6 Å². The van der Waals surface area contributed by atoms with E-state index in [1.807, 2.05) is 13.8 Å². The van der Waals surface area contributed by atoms with Crippen molar-refractivity contribution >= 4 is 20.8 Å². The van der Waals surface area contributed by atoms with Crippen molar-refractivity contribution in [1.82, 2.24) is 0 Å². The normalized spacial score (nSPS) is 11.9. The summed E-state index contributed by atoms with van der Waals surface area (Å²) in [5.74, 6) is -1.77. The number of aromatic hydroxyl groups is 3. The van der Waals surface area contributed by atoms with Gasteiger partial charge in [0.1, 0.15) is 16.7 Å². The van der Waals surface area contributed by atoms with Crippen LogP contribution < -0.4 is 5.43 Å². The number of hydrogen-bond donors (Lipinski definition) is 3.